The fourth-order valence-electron chi connectivity index (χ4n) is 2.43. The molecule has 0 saturated carbocycles. The summed E-state index contributed by atoms with van der Waals surface area (Å²) in [6.07, 6.45) is 4.04. The normalized spacial score (nSPS) is 11.1. The van der Waals surface area contributed by atoms with Crippen molar-refractivity contribution in [3.63, 3.8) is 0 Å². The second kappa shape index (κ2) is 5.77. The van der Waals surface area contributed by atoms with Gasteiger partial charge in [-0.25, -0.2) is 4.98 Å². The van der Waals surface area contributed by atoms with Gasteiger partial charge in [-0.3, -0.25) is 0 Å². The number of hydrogen-bond donors (Lipinski definition) is 1. The van der Waals surface area contributed by atoms with E-state index in [9.17, 15) is 0 Å². The Hall–Kier alpha value is -1.65. The fraction of sp³-hybridized carbons (Fsp3) is 0.188. The van der Waals surface area contributed by atoms with Crippen molar-refractivity contribution in [2.75, 3.05) is 7.05 Å². The van der Waals surface area contributed by atoms with Crippen LogP contribution in [0.5, 0.6) is 0 Å². The highest BCUT2D eigenvalue weighted by molar-refractivity contribution is 9.10. The molecule has 0 unspecified atom stereocenters. The van der Waals surface area contributed by atoms with Crippen molar-refractivity contribution in [1.29, 1.82) is 0 Å². The first-order valence-corrected chi connectivity index (χ1v) is 7.39. The van der Waals surface area contributed by atoms with E-state index in [1.165, 1.54) is 16.5 Å². The largest absolute Gasteiger partial charge is 0.328 e. The molecule has 3 rings (SSSR count). The molecule has 102 valence electrons. The molecule has 1 aromatic carbocycles. The lowest BCUT2D eigenvalue weighted by molar-refractivity contribution is 0.791. The summed E-state index contributed by atoms with van der Waals surface area (Å²) >= 11 is 3.47. The van der Waals surface area contributed by atoms with Gasteiger partial charge in [-0.05, 0) is 42.4 Å². The Morgan fingerprint density at radius 1 is 1.20 bits per heavy atom. The van der Waals surface area contributed by atoms with E-state index in [1.807, 2.05) is 19.3 Å². The Morgan fingerprint density at radius 3 is 2.75 bits per heavy atom. The van der Waals surface area contributed by atoms with Crippen LogP contribution < -0.4 is 5.32 Å². The van der Waals surface area contributed by atoms with Gasteiger partial charge in [-0.15, -0.1) is 0 Å². The molecule has 3 aromatic rings. The van der Waals surface area contributed by atoms with Crippen molar-refractivity contribution in [1.82, 2.24) is 14.9 Å². The van der Waals surface area contributed by atoms with Crippen LogP contribution in [0.25, 0.3) is 11.0 Å². The first kappa shape index (κ1) is 13.3. The van der Waals surface area contributed by atoms with Crippen LogP contribution >= 0.6 is 15.9 Å². The van der Waals surface area contributed by atoms with Crippen molar-refractivity contribution in [3.05, 3.63) is 64.4 Å². The van der Waals surface area contributed by atoms with E-state index in [0.717, 1.165) is 23.2 Å². The van der Waals surface area contributed by atoms with E-state index in [1.54, 1.807) is 0 Å². The quantitative estimate of drug-likeness (QED) is 0.793. The molecular formula is C16H16BrN3. The zero-order chi connectivity index (χ0) is 13.9. The van der Waals surface area contributed by atoms with E-state index in [-0.39, 0.29) is 0 Å². The lowest BCUT2D eigenvalue weighted by atomic mass is 10.2. The first-order valence-electron chi connectivity index (χ1n) is 6.59. The standard InChI is InChI=1S/C16H16BrN3/c1-18-9-13-11-20(16-15(13)3-2-8-19-16)10-12-4-6-14(17)7-5-12/h2-8,11,18H,9-10H2,1H3. The lowest BCUT2D eigenvalue weighted by Gasteiger charge is -2.05. The molecular weight excluding hydrogens is 314 g/mol. The van der Waals surface area contributed by atoms with Gasteiger partial charge in [0.25, 0.3) is 0 Å². The molecule has 2 aromatic heterocycles. The first-order chi connectivity index (χ1) is 9.78. The van der Waals surface area contributed by atoms with Gasteiger partial charge in [0, 0.05) is 35.3 Å². The lowest BCUT2D eigenvalue weighted by Crippen LogP contribution is -2.04. The Labute approximate surface area is 126 Å². The molecule has 0 atom stereocenters. The number of nitrogens with zero attached hydrogens (tertiary/aromatic N) is 2. The van der Waals surface area contributed by atoms with Gasteiger partial charge in [0.1, 0.15) is 5.65 Å². The van der Waals surface area contributed by atoms with Crippen LogP contribution in [0.15, 0.2) is 53.3 Å². The number of fused-ring (bicyclic) bond motifs is 1. The third-order valence-electron chi connectivity index (χ3n) is 3.35. The van der Waals surface area contributed by atoms with Crippen molar-refractivity contribution in [3.8, 4) is 0 Å². The molecule has 3 nitrogen and oxygen atoms in total. The number of aromatic nitrogens is 2. The second-order valence-corrected chi connectivity index (χ2v) is 5.73. The molecule has 20 heavy (non-hydrogen) atoms. The molecule has 0 spiro atoms. The maximum atomic E-state index is 4.52. The number of rotatable bonds is 4. The van der Waals surface area contributed by atoms with Crippen LogP contribution in [0.3, 0.4) is 0 Å². The highest BCUT2D eigenvalue weighted by Crippen LogP contribution is 2.21. The van der Waals surface area contributed by atoms with Crippen molar-refractivity contribution in [2.45, 2.75) is 13.1 Å². The maximum Gasteiger partial charge on any atom is 0.140 e. The Morgan fingerprint density at radius 2 is 2.00 bits per heavy atom. The van der Waals surface area contributed by atoms with Crippen LogP contribution in [-0.4, -0.2) is 16.6 Å². The average Bonchev–Trinajstić information content (AvgIpc) is 2.81. The molecule has 1 N–H and O–H groups in total. The average molecular weight is 330 g/mol. The molecule has 0 saturated heterocycles. The highest BCUT2D eigenvalue weighted by Gasteiger charge is 2.08. The summed E-state index contributed by atoms with van der Waals surface area (Å²) in [6.45, 7) is 1.69. The van der Waals surface area contributed by atoms with Gasteiger partial charge >= 0.3 is 0 Å². The minimum absolute atomic E-state index is 0.838. The Kier molecular flexibility index (Phi) is 3.85. The summed E-state index contributed by atoms with van der Waals surface area (Å²) in [5, 5.41) is 4.43. The summed E-state index contributed by atoms with van der Waals surface area (Å²) in [5.74, 6) is 0. The van der Waals surface area contributed by atoms with Gasteiger partial charge in [-0.1, -0.05) is 28.1 Å². The number of hydrogen-bond acceptors (Lipinski definition) is 2. The Balaban J connectivity index is 2.00. The predicted molar refractivity (Wildman–Crippen MR) is 85.7 cm³/mol. The number of pyridine rings is 1. The van der Waals surface area contributed by atoms with E-state index < -0.39 is 0 Å². The molecule has 0 aliphatic rings. The van der Waals surface area contributed by atoms with E-state index in [4.69, 9.17) is 0 Å². The van der Waals surface area contributed by atoms with Crippen molar-refractivity contribution >= 4 is 27.0 Å². The molecule has 0 aliphatic heterocycles. The van der Waals surface area contributed by atoms with Crippen molar-refractivity contribution in [2.24, 2.45) is 0 Å². The smallest absolute Gasteiger partial charge is 0.140 e. The van der Waals surface area contributed by atoms with Gasteiger partial charge < -0.3 is 9.88 Å². The van der Waals surface area contributed by atoms with Crippen LogP contribution in [0.1, 0.15) is 11.1 Å². The second-order valence-electron chi connectivity index (χ2n) is 4.81. The zero-order valence-corrected chi connectivity index (χ0v) is 12.9. The van der Waals surface area contributed by atoms with Gasteiger partial charge in [-0.2, -0.15) is 0 Å². The van der Waals surface area contributed by atoms with Crippen LogP contribution in [0.2, 0.25) is 0 Å². The van der Waals surface area contributed by atoms with E-state index >= 15 is 0 Å². The molecule has 0 aliphatic carbocycles. The summed E-state index contributed by atoms with van der Waals surface area (Å²) < 4.78 is 3.32. The summed E-state index contributed by atoms with van der Waals surface area (Å²) in [5.41, 5.74) is 3.60. The third-order valence-corrected chi connectivity index (χ3v) is 3.88. The maximum absolute atomic E-state index is 4.52. The fourth-order valence-corrected chi connectivity index (χ4v) is 2.70. The summed E-state index contributed by atoms with van der Waals surface area (Å²) in [4.78, 5) is 4.52. The van der Waals surface area contributed by atoms with Gasteiger partial charge in [0.2, 0.25) is 0 Å². The molecule has 0 bridgehead atoms. The third kappa shape index (κ3) is 2.62. The van der Waals surface area contributed by atoms with Gasteiger partial charge in [0.05, 0.1) is 0 Å². The minimum Gasteiger partial charge on any atom is -0.328 e. The molecule has 0 fully saturated rings. The Bertz CT molecular complexity index is 716. The topological polar surface area (TPSA) is 29.9 Å². The van der Waals surface area contributed by atoms with Gasteiger partial charge in [0.15, 0.2) is 0 Å². The van der Waals surface area contributed by atoms with Crippen LogP contribution in [0, 0.1) is 0 Å². The number of nitrogens with one attached hydrogen (secondary N) is 1. The molecule has 2 heterocycles. The molecule has 0 radical (unpaired) electrons. The SMILES string of the molecule is CNCc1cn(Cc2ccc(Br)cc2)c2ncccc12. The monoisotopic (exact) mass is 329 g/mol. The summed E-state index contributed by atoms with van der Waals surface area (Å²) in [6, 6.07) is 12.5. The number of halogens is 1. The van der Waals surface area contributed by atoms with E-state index in [0.29, 0.717) is 0 Å². The molecule has 0 amide bonds. The zero-order valence-electron chi connectivity index (χ0n) is 11.3. The predicted octanol–water partition coefficient (Wildman–Crippen LogP) is 3.57. The summed E-state index contributed by atoms with van der Waals surface area (Å²) in [7, 11) is 1.97. The van der Waals surface area contributed by atoms with E-state index in [2.05, 4.69) is 67.3 Å². The van der Waals surface area contributed by atoms with Crippen molar-refractivity contribution < 1.29 is 0 Å². The highest BCUT2D eigenvalue weighted by atomic mass is 79.9. The number of benzene rings is 1. The van der Waals surface area contributed by atoms with Crippen LogP contribution in [-0.2, 0) is 13.1 Å². The minimum atomic E-state index is 0.838. The van der Waals surface area contributed by atoms with Crippen LogP contribution in [0.4, 0.5) is 0 Å². The molecule has 4 heteroatoms.